The SMILES string of the molecule is CCN(CC(=O)NCc1cccs1)CC(=O)Nc1ccc(Br)cc1. The molecule has 0 unspecified atom stereocenters. The molecule has 128 valence electrons. The van der Waals surface area contributed by atoms with E-state index in [4.69, 9.17) is 0 Å². The molecule has 2 N–H and O–H groups in total. The molecule has 0 saturated heterocycles. The molecule has 24 heavy (non-hydrogen) atoms. The van der Waals surface area contributed by atoms with E-state index in [9.17, 15) is 9.59 Å². The van der Waals surface area contributed by atoms with Gasteiger partial charge in [0, 0.05) is 15.0 Å². The van der Waals surface area contributed by atoms with Crippen LogP contribution in [0.2, 0.25) is 0 Å². The fraction of sp³-hybridized carbons (Fsp3) is 0.294. The molecule has 5 nitrogen and oxygen atoms in total. The van der Waals surface area contributed by atoms with Crippen molar-refractivity contribution >= 4 is 44.8 Å². The van der Waals surface area contributed by atoms with Crippen LogP contribution in [0, 0.1) is 0 Å². The van der Waals surface area contributed by atoms with E-state index in [-0.39, 0.29) is 24.9 Å². The third kappa shape index (κ3) is 6.43. The summed E-state index contributed by atoms with van der Waals surface area (Å²) in [6.45, 7) is 3.47. The molecule has 0 radical (unpaired) electrons. The molecule has 0 atom stereocenters. The van der Waals surface area contributed by atoms with E-state index in [1.165, 1.54) is 0 Å². The summed E-state index contributed by atoms with van der Waals surface area (Å²) in [4.78, 5) is 27.0. The molecule has 1 aromatic heterocycles. The van der Waals surface area contributed by atoms with E-state index in [0.717, 1.165) is 15.0 Å². The topological polar surface area (TPSA) is 61.4 Å². The van der Waals surface area contributed by atoms with Crippen molar-refractivity contribution in [3.63, 3.8) is 0 Å². The van der Waals surface area contributed by atoms with Gasteiger partial charge in [0.1, 0.15) is 0 Å². The molecule has 2 amide bonds. The van der Waals surface area contributed by atoms with Crippen molar-refractivity contribution in [1.29, 1.82) is 0 Å². The number of halogens is 1. The van der Waals surface area contributed by atoms with Gasteiger partial charge in [0.15, 0.2) is 0 Å². The van der Waals surface area contributed by atoms with Crippen LogP contribution in [0.4, 0.5) is 5.69 Å². The van der Waals surface area contributed by atoms with Crippen molar-refractivity contribution in [2.24, 2.45) is 0 Å². The summed E-state index contributed by atoms with van der Waals surface area (Å²) in [7, 11) is 0. The van der Waals surface area contributed by atoms with Crippen LogP contribution in [0.25, 0.3) is 0 Å². The van der Waals surface area contributed by atoms with Crippen molar-refractivity contribution in [2.75, 3.05) is 25.0 Å². The van der Waals surface area contributed by atoms with E-state index in [1.807, 2.05) is 48.7 Å². The van der Waals surface area contributed by atoms with Crippen LogP contribution in [0.1, 0.15) is 11.8 Å². The minimum atomic E-state index is -0.134. The van der Waals surface area contributed by atoms with Gasteiger partial charge in [0.05, 0.1) is 19.6 Å². The number of nitrogens with zero attached hydrogens (tertiary/aromatic N) is 1. The Hall–Kier alpha value is -1.70. The highest BCUT2D eigenvalue weighted by molar-refractivity contribution is 9.10. The second-order valence-corrected chi connectivity index (χ2v) is 7.16. The Morgan fingerprint density at radius 2 is 1.83 bits per heavy atom. The lowest BCUT2D eigenvalue weighted by molar-refractivity contribution is -0.123. The standard InChI is InChI=1S/C17H20BrN3O2S/c1-2-21(11-16(22)19-10-15-4-3-9-24-15)12-17(23)20-14-7-5-13(18)6-8-14/h3-9H,2,10-12H2,1H3,(H,19,22)(H,20,23). The molecule has 0 saturated carbocycles. The van der Waals surface area contributed by atoms with E-state index >= 15 is 0 Å². The number of carbonyl (C=O) groups excluding carboxylic acids is 2. The number of carbonyl (C=O) groups is 2. The summed E-state index contributed by atoms with van der Waals surface area (Å²) in [6.07, 6.45) is 0. The Kier molecular flexibility index (Phi) is 7.42. The van der Waals surface area contributed by atoms with E-state index in [0.29, 0.717) is 13.1 Å². The molecule has 1 heterocycles. The number of amides is 2. The van der Waals surface area contributed by atoms with Gasteiger partial charge in [-0.05, 0) is 42.3 Å². The summed E-state index contributed by atoms with van der Waals surface area (Å²) in [6, 6.07) is 11.3. The molecule has 7 heteroatoms. The van der Waals surface area contributed by atoms with Crippen LogP contribution in [-0.4, -0.2) is 36.3 Å². The molecular formula is C17H20BrN3O2S. The molecule has 0 aliphatic heterocycles. The lowest BCUT2D eigenvalue weighted by Gasteiger charge is -2.19. The first-order valence-corrected chi connectivity index (χ1v) is 9.31. The van der Waals surface area contributed by atoms with Crippen LogP contribution in [0.15, 0.2) is 46.3 Å². The Labute approximate surface area is 154 Å². The van der Waals surface area contributed by atoms with Crippen LogP contribution in [0.3, 0.4) is 0 Å². The third-order valence-corrected chi connectivity index (χ3v) is 4.75. The number of likely N-dealkylation sites (N-methyl/N-ethyl adjacent to an activating group) is 1. The van der Waals surface area contributed by atoms with Gasteiger partial charge in [-0.25, -0.2) is 0 Å². The fourth-order valence-corrected chi connectivity index (χ4v) is 2.98. The quantitative estimate of drug-likeness (QED) is 0.703. The summed E-state index contributed by atoms with van der Waals surface area (Å²) in [5, 5.41) is 7.68. The maximum Gasteiger partial charge on any atom is 0.238 e. The Balaban J connectivity index is 1.76. The largest absolute Gasteiger partial charge is 0.350 e. The minimum Gasteiger partial charge on any atom is -0.350 e. The maximum atomic E-state index is 12.1. The highest BCUT2D eigenvalue weighted by atomic mass is 79.9. The van der Waals surface area contributed by atoms with Gasteiger partial charge in [0.2, 0.25) is 11.8 Å². The van der Waals surface area contributed by atoms with Gasteiger partial charge < -0.3 is 10.6 Å². The van der Waals surface area contributed by atoms with Gasteiger partial charge in [-0.1, -0.05) is 28.9 Å². The molecule has 1 aromatic carbocycles. The average molecular weight is 410 g/mol. The van der Waals surface area contributed by atoms with Crippen molar-refractivity contribution in [2.45, 2.75) is 13.5 Å². The summed E-state index contributed by atoms with van der Waals surface area (Å²) >= 11 is 4.96. The number of rotatable bonds is 8. The van der Waals surface area contributed by atoms with Crippen molar-refractivity contribution in [3.05, 3.63) is 51.1 Å². The number of benzene rings is 1. The van der Waals surface area contributed by atoms with Gasteiger partial charge in [-0.3, -0.25) is 14.5 Å². The Morgan fingerprint density at radius 3 is 2.46 bits per heavy atom. The second kappa shape index (κ2) is 9.56. The van der Waals surface area contributed by atoms with Gasteiger partial charge in [-0.2, -0.15) is 0 Å². The summed E-state index contributed by atoms with van der Waals surface area (Å²) < 4.78 is 0.957. The van der Waals surface area contributed by atoms with Crippen molar-refractivity contribution in [1.82, 2.24) is 10.2 Å². The maximum absolute atomic E-state index is 12.1. The fourth-order valence-electron chi connectivity index (χ4n) is 2.07. The van der Waals surface area contributed by atoms with Crippen molar-refractivity contribution in [3.8, 4) is 0 Å². The molecular weight excluding hydrogens is 390 g/mol. The number of thiophene rings is 1. The highest BCUT2D eigenvalue weighted by Gasteiger charge is 2.13. The molecule has 2 rings (SSSR count). The van der Waals surface area contributed by atoms with E-state index < -0.39 is 0 Å². The zero-order chi connectivity index (χ0) is 17.4. The molecule has 0 fully saturated rings. The summed E-state index contributed by atoms with van der Waals surface area (Å²) in [5.74, 6) is -0.216. The first kappa shape index (κ1) is 18.6. The average Bonchev–Trinajstić information content (AvgIpc) is 3.08. The Bertz CT molecular complexity index is 659. The molecule has 2 aromatic rings. The van der Waals surface area contributed by atoms with E-state index in [1.54, 1.807) is 16.2 Å². The summed E-state index contributed by atoms with van der Waals surface area (Å²) in [5.41, 5.74) is 0.737. The number of hydrogen-bond acceptors (Lipinski definition) is 4. The number of anilines is 1. The Morgan fingerprint density at radius 1 is 1.12 bits per heavy atom. The van der Waals surface area contributed by atoms with Crippen LogP contribution >= 0.6 is 27.3 Å². The zero-order valence-electron chi connectivity index (χ0n) is 13.4. The van der Waals surface area contributed by atoms with Crippen LogP contribution < -0.4 is 10.6 Å². The van der Waals surface area contributed by atoms with Gasteiger partial charge in [0.25, 0.3) is 0 Å². The lowest BCUT2D eigenvalue weighted by atomic mass is 10.3. The molecule has 0 spiro atoms. The van der Waals surface area contributed by atoms with Crippen LogP contribution in [0.5, 0.6) is 0 Å². The minimum absolute atomic E-state index is 0.0818. The zero-order valence-corrected chi connectivity index (χ0v) is 15.8. The molecule has 0 bridgehead atoms. The number of nitrogens with one attached hydrogen (secondary N) is 2. The second-order valence-electron chi connectivity index (χ2n) is 5.21. The van der Waals surface area contributed by atoms with Gasteiger partial charge >= 0.3 is 0 Å². The van der Waals surface area contributed by atoms with Crippen molar-refractivity contribution < 1.29 is 9.59 Å². The first-order chi connectivity index (χ1) is 11.6. The van der Waals surface area contributed by atoms with E-state index in [2.05, 4.69) is 26.6 Å². The van der Waals surface area contributed by atoms with Crippen LogP contribution in [-0.2, 0) is 16.1 Å². The smallest absolute Gasteiger partial charge is 0.238 e. The first-order valence-electron chi connectivity index (χ1n) is 7.63. The predicted molar refractivity (Wildman–Crippen MR) is 101 cm³/mol. The number of hydrogen-bond donors (Lipinski definition) is 2. The van der Waals surface area contributed by atoms with Gasteiger partial charge in [-0.15, -0.1) is 11.3 Å². The predicted octanol–water partition coefficient (Wildman–Crippen LogP) is 3.09. The molecule has 0 aliphatic rings. The third-order valence-electron chi connectivity index (χ3n) is 3.35. The lowest BCUT2D eigenvalue weighted by Crippen LogP contribution is -2.40. The highest BCUT2D eigenvalue weighted by Crippen LogP contribution is 2.14. The monoisotopic (exact) mass is 409 g/mol. The molecule has 0 aliphatic carbocycles. The normalized spacial score (nSPS) is 10.6.